The summed E-state index contributed by atoms with van der Waals surface area (Å²) in [6, 6.07) is 13.3. The highest BCUT2D eigenvalue weighted by Crippen LogP contribution is 2.38. The molecular formula is C24H26FN3O2. The summed E-state index contributed by atoms with van der Waals surface area (Å²) in [5.74, 6) is -0.521. The number of aromatic nitrogens is 2. The van der Waals surface area contributed by atoms with E-state index < -0.39 is 5.95 Å². The topological polar surface area (TPSA) is 47.4 Å². The Morgan fingerprint density at radius 2 is 1.97 bits per heavy atom. The lowest BCUT2D eigenvalue weighted by molar-refractivity contribution is 0.00450. The summed E-state index contributed by atoms with van der Waals surface area (Å²) in [5, 5.41) is 4.67. The van der Waals surface area contributed by atoms with Crippen LogP contribution in [0, 0.1) is 12.9 Å². The highest BCUT2D eigenvalue weighted by atomic mass is 19.1. The van der Waals surface area contributed by atoms with Crippen LogP contribution in [-0.4, -0.2) is 34.4 Å². The fraction of sp³-hybridized carbons (Fsp3) is 0.417. The molecule has 2 fully saturated rings. The van der Waals surface area contributed by atoms with Gasteiger partial charge in [-0.15, -0.1) is 5.10 Å². The normalized spacial score (nSPS) is 19.2. The molecule has 2 aliphatic rings. The van der Waals surface area contributed by atoms with Gasteiger partial charge in [-0.1, -0.05) is 18.2 Å². The number of benzene rings is 2. The zero-order chi connectivity index (χ0) is 20.7. The minimum Gasteiger partial charge on any atom is -0.376 e. The molecule has 1 atom stereocenters. The van der Waals surface area contributed by atoms with E-state index in [2.05, 4.69) is 5.10 Å². The average Bonchev–Trinajstić information content (AvgIpc) is 3.55. The molecule has 1 unspecified atom stereocenters. The number of rotatable bonds is 5. The van der Waals surface area contributed by atoms with Crippen molar-refractivity contribution in [1.82, 2.24) is 9.78 Å². The number of nitrogens with zero attached hydrogens (tertiary/aromatic N) is 3. The third kappa shape index (κ3) is 3.49. The first kappa shape index (κ1) is 19.2. The fourth-order valence-electron chi connectivity index (χ4n) is 4.44. The summed E-state index contributed by atoms with van der Waals surface area (Å²) in [5.41, 5.74) is 2.93. The minimum atomic E-state index is -0.483. The number of ether oxygens (including phenoxy) is 1. The lowest BCUT2D eigenvalue weighted by Gasteiger charge is -2.25. The molecule has 1 aliphatic carbocycles. The molecule has 156 valence electrons. The van der Waals surface area contributed by atoms with Crippen LogP contribution < -0.4 is 4.90 Å². The number of aryl methyl sites for hydroxylation is 1. The van der Waals surface area contributed by atoms with Crippen LogP contribution in [0.5, 0.6) is 0 Å². The first-order valence-corrected chi connectivity index (χ1v) is 10.8. The molecule has 6 heteroatoms. The van der Waals surface area contributed by atoms with Crippen LogP contribution in [0.4, 0.5) is 10.1 Å². The monoisotopic (exact) mass is 407 g/mol. The van der Waals surface area contributed by atoms with Crippen LogP contribution in [0.2, 0.25) is 0 Å². The van der Waals surface area contributed by atoms with E-state index in [4.69, 9.17) is 4.74 Å². The summed E-state index contributed by atoms with van der Waals surface area (Å²) in [6.45, 7) is 3.19. The van der Waals surface area contributed by atoms with E-state index >= 15 is 0 Å². The van der Waals surface area contributed by atoms with Gasteiger partial charge in [0.2, 0.25) is 5.95 Å². The zero-order valence-corrected chi connectivity index (χ0v) is 17.2. The molecule has 0 N–H and O–H groups in total. The van der Waals surface area contributed by atoms with Crippen LogP contribution in [0.3, 0.4) is 0 Å². The molecule has 1 aliphatic heterocycles. The van der Waals surface area contributed by atoms with Crippen LogP contribution in [-0.2, 0) is 11.3 Å². The van der Waals surface area contributed by atoms with E-state index in [1.807, 2.05) is 54.3 Å². The highest BCUT2D eigenvalue weighted by molar-refractivity contribution is 6.08. The van der Waals surface area contributed by atoms with Gasteiger partial charge in [-0.2, -0.15) is 4.39 Å². The van der Waals surface area contributed by atoms with Crippen molar-refractivity contribution >= 4 is 22.5 Å². The maximum Gasteiger partial charge on any atom is 0.258 e. The summed E-state index contributed by atoms with van der Waals surface area (Å²) in [4.78, 5) is 15.1. The molecule has 30 heavy (non-hydrogen) atoms. The Labute approximate surface area is 175 Å². The zero-order valence-electron chi connectivity index (χ0n) is 17.2. The number of amides is 1. The van der Waals surface area contributed by atoms with Crippen LogP contribution in [0.1, 0.15) is 48.0 Å². The second-order valence-corrected chi connectivity index (χ2v) is 8.34. The van der Waals surface area contributed by atoms with Crippen molar-refractivity contribution in [3.05, 3.63) is 59.5 Å². The molecule has 1 amide bonds. The first-order chi connectivity index (χ1) is 14.6. The van der Waals surface area contributed by atoms with Crippen molar-refractivity contribution in [3.63, 3.8) is 0 Å². The number of carbonyl (C=O) groups is 1. The van der Waals surface area contributed by atoms with E-state index in [1.54, 1.807) is 4.68 Å². The lowest BCUT2D eigenvalue weighted by atomic mass is 10.1. The van der Waals surface area contributed by atoms with Gasteiger partial charge in [-0.25, -0.2) is 0 Å². The Morgan fingerprint density at radius 3 is 2.67 bits per heavy atom. The number of carbonyl (C=O) groups excluding carboxylic acids is 1. The van der Waals surface area contributed by atoms with Crippen molar-refractivity contribution in [2.24, 2.45) is 0 Å². The maximum atomic E-state index is 14.9. The van der Waals surface area contributed by atoms with Gasteiger partial charge in [0, 0.05) is 23.9 Å². The molecule has 2 heterocycles. The Kier molecular flexibility index (Phi) is 5.03. The van der Waals surface area contributed by atoms with Gasteiger partial charge < -0.3 is 9.64 Å². The predicted molar refractivity (Wildman–Crippen MR) is 114 cm³/mol. The first-order valence-electron chi connectivity index (χ1n) is 10.8. The standard InChI is InChI=1S/C24H26FN3O2/c1-16-20(28(18-10-11-18)24(29)17-7-3-2-4-8-17)12-13-21-22(16)23(25)26-27(21)15-19-9-5-6-14-30-19/h2-4,7-8,12-13,18-19H,5-6,9-11,14-15H2,1H3. The lowest BCUT2D eigenvalue weighted by Crippen LogP contribution is -2.33. The third-order valence-electron chi connectivity index (χ3n) is 6.17. The molecular weight excluding hydrogens is 381 g/mol. The van der Waals surface area contributed by atoms with Crippen molar-refractivity contribution in [2.45, 2.75) is 57.7 Å². The average molecular weight is 407 g/mol. The summed E-state index contributed by atoms with van der Waals surface area (Å²) >= 11 is 0. The van der Waals surface area contributed by atoms with E-state index in [-0.39, 0.29) is 18.1 Å². The predicted octanol–water partition coefficient (Wildman–Crippen LogP) is 4.86. The van der Waals surface area contributed by atoms with Gasteiger partial charge in [0.25, 0.3) is 5.91 Å². The van der Waals surface area contributed by atoms with Gasteiger partial charge in [0.05, 0.1) is 23.6 Å². The van der Waals surface area contributed by atoms with Crippen LogP contribution >= 0.6 is 0 Å². The molecule has 0 spiro atoms. The van der Waals surface area contributed by atoms with Gasteiger partial charge in [0.15, 0.2) is 0 Å². The van der Waals surface area contributed by atoms with Crippen LogP contribution in [0.25, 0.3) is 10.9 Å². The Morgan fingerprint density at radius 1 is 1.17 bits per heavy atom. The number of hydrogen-bond acceptors (Lipinski definition) is 3. The quantitative estimate of drug-likeness (QED) is 0.607. The molecule has 5 nitrogen and oxygen atoms in total. The summed E-state index contributed by atoms with van der Waals surface area (Å²) < 4.78 is 22.5. The van der Waals surface area contributed by atoms with Gasteiger partial charge in [-0.3, -0.25) is 9.48 Å². The molecule has 0 radical (unpaired) electrons. The third-order valence-corrected chi connectivity index (χ3v) is 6.17. The van der Waals surface area contributed by atoms with Crippen molar-refractivity contribution < 1.29 is 13.9 Å². The highest BCUT2D eigenvalue weighted by Gasteiger charge is 2.35. The SMILES string of the molecule is Cc1c(N(C(=O)c2ccccc2)C2CC2)ccc2c1c(F)nn2CC1CCCCO1. The van der Waals surface area contributed by atoms with Crippen molar-refractivity contribution in [3.8, 4) is 0 Å². The Hall–Kier alpha value is -2.73. The second kappa shape index (κ2) is 7.84. The maximum absolute atomic E-state index is 14.9. The number of hydrogen-bond donors (Lipinski definition) is 0. The van der Waals surface area contributed by atoms with E-state index in [9.17, 15) is 9.18 Å². The van der Waals surface area contributed by atoms with Gasteiger partial charge in [0.1, 0.15) is 0 Å². The smallest absolute Gasteiger partial charge is 0.258 e. The van der Waals surface area contributed by atoms with E-state index in [0.29, 0.717) is 17.5 Å². The molecule has 1 saturated carbocycles. The van der Waals surface area contributed by atoms with Gasteiger partial charge in [-0.05, 0) is 68.9 Å². The molecule has 1 saturated heterocycles. The molecule has 5 rings (SSSR count). The number of halogens is 1. The van der Waals surface area contributed by atoms with E-state index in [1.165, 1.54) is 0 Å². The fourth-order valence-corrected chi connectivity index (χ4v) is 4.44. The number of fused-ring (bicyclic) bond motifs is 1. The minimum absolute atomic E-state index is 0.0380. The number of anilines is 1. The largest absolute Gasteiger partial charge is 0.376 e. The molecule has 2 aromatic carbocycles. The summed E-state index contributed by atoms with van der Waals surface area (Å²) in [7, 11) is 0. The molecule has 1 aromatic heterocycles. The van der Waals surface area contributed by atoms with Gasteiger partial charge >= 0.3 is 0 Å². The second-order valence-electron chi connectivity index (χ2n) is 8.34. The molecule has 3 aromatic rings. The van der Waals surface area contributed by atoms with Crippen molar-refractivity contribution in [2.75, 3.05) is 11.5 Å². The van der Waals surface area contributed by atoms with Crippen molar-refractivity contribution in [1.29, 1.82) is 0 Å². The Balaban J connectivity index is 1.52. The van der Waals surface area contributed by atoms with Crippen LogP contribution in [0.15, 0.2) is 42.5 Å². The summed E-state index contributed by atoms with van der Waals surface area (Å²) in [6.07, 6.45) is 5.20. The molecule has 0 bridgehead atoms. The van der Waals surface area contributed by atoms with E-state index in [0.717, 1.165) is 55.5 Å². The Bertz CT molecular complexity index is 1070.